The van der Waals surface area contributed by atoms with Crippen molar-refractivity contribution in [3.05, 3.63) is 23.3 Å². The molecule has 0 radical (unpaired) electrons. The van der Waals surface area contributed by atoms with Gasteiger partial charge in [-0.1, -0.05) is 13.8 Å². The Bertz CT molecular complexity index is 648. The first-order valence-electron chi connectivity index (χ1n) is 8.36. The number of rotatable bonds is 5. The number of nitrogens with zero attached hydrogens (tertiary/aromatic N) is 1. The van der Waals surface area contributed by atoms with Gasteiger partial charge >= 0.3 is 0 Å². The van der Waals surface area contributed by atoms with Gasteiger partial charge in [0.1, 0.15) is 10.6 Å². The fourth-order valence-corrected chi connectivity index (χ4v) is 4.61. The Balaban J connectivity index is 2.48. The first-order valence-corrected chi connectivity index (χ1v) is 9.80. The van der Waals surface area contributed by atoms with Gasteiger partial charge in [-0.2, -0.15) is 4.31 Å². The van der Waals surface area contributed by atoms with Crippen LogP contribution in [0.5, 0.6) is 5.75 Å². The lowest BCUT2D eigenvalue weighted by atomic mass is 9.98. The Kier molecular flexibility index (Phi) is 5.70. The number of benzene rings is 1. The number of ether oxygens (including phenoxy) is 1. The normalized spacial score (nSPS) is 17.7. The van der Waals surface area contributed by atoms with E-state index in [2.05, 4.69) is 20.9 Å². The predicted molar refractivity (Wildman–Crippen MR) is 91.8 cm³/mol. The van der Waals surface area contributed by atoms with Gasteiger partial charge in [-0.25, -0.2) is 8.42 Å². The molecule has 0 saturated carbocycles. The maximum Gasteiger partial charge on any atom is 0.247 e. The van der Waals surface area contributed by atoms with E-state index in [0.29, 0.717) is 30.3 Å². The third kappa shape index (κ3) is 3.87. The molecule has 2 rings (SSSR count). The van der Waals surface area contributed by atoms with Gasteiger partial charge in [0, 0.05) is 0 Å². The van der Waals surface area contributed by atoms with E-state index < -0.39 is 10.0 Å². The number of piperazine rings is 1. The van der Waals surface area contributed by atoms with Crippen LogP contribution in [0.4, 0.5) is 0 Å². The number of quaternary nitrogens is 1. The summed E-state index contributed by atoms with van der Waals surface area (Å²) in [7, 11) is -1.42. The zero-order valence-corrected chi connectivity index (χ0v) is 15.7. The van der Waals surface area contributed by atoms with Gasteiger partial charge in [0.2, 0.25) is 10.0 Å². The van der Waals surface area contributed by atoms with Crippen LogP contribution in [0.15, 0.2) is 17.0 Å². The Morgan fingerprint density at radius 2 is 1.87 bits per heavy atom. The molecule has 1 saturated heterocycles. The SMILES string of the molecule is CCOc1cc(C)c(C(C)C)cc1S(=O)(=O)N1CC[NH+](C)CC1. The van der Waals surface area contributed by atoms with E-state index in [1.165, 1.54) is 4.90 Å². The summed E-state index contributed by atoms with van der Waals surface area (Å²) in [5.74, 6) is 0.747. The molecule has 6 heteroatoms. The topological polar surface area (TPSA) is 51.1 Å². The minimum absolute atomic E-state index is 0.275. The zero-order chi connectivity index (χ0) is 17.2. The van der Waals surface area contributed by atoms with Gasteiger partial charge in [0.15, 0.2) is 0 Å². The smallest absolute Gasteiger partial charge is 0.247 e. The summed E-state index contributed by atoms with van der Waals surface area (Å²) in [4.78, 5) is 1.68. The fraction of sp³-hybridized carbons (Fsp3) is 0.647. The van der Waals surface area contributed by atoms with Gasteiger partial charge in [0.05, 0.1) is 39.8 Å². The molecule has 0 aliphatic carbocycles. The van der Waals surface area contributed by atoms with Crippen LogP contribution in [-0.2, 0) is 10.0 Å². The maximum absolute atomic E-state index is 13.1. The quantitative estimate of drug-likeness (QED) is 0.870. The summed E-state index contributed by atoms with van der Waals surface area (Å²) in [5.41, 5.74) is 2.14. The average molecular weight is 341 g/mol. The average Bonchev–Trinajstić information content (AvgIpc) is 2.47. The lowest BCUT2D eigenvalue weighted by Crippen LogP contribution is -3.12. The van der Waals surface area contributed by atoms with Crippen LogP contribution in [0.2, 0.25) is 0 Å². The van der Waals surface area contributed by atoms with Crippen molar-refractivity contribution in [1.29, 1.82) is 0 Å². The Morgan fingerprint density at radius 3 is 2.39 bits per heavy atom. The molecule has 1 aromatic rings. The van der Waals surface area contributed by atoms with Crippen LogP contribution in [0.3, 0.4) is 0 Å². The first kappa shape index (κ1) is 18.2. The molecule has 0 aromatic heterocycles. The largest absolute Gasteiger partial charge is 0.492 e. The number of hydrogen-bond donors (Lipinski definition) is 1. The summed E-state index contributed by atoms with van der Waals surface area (Å²) in [6.07, 6.45) is 0. The van der Waals surface area contributed by atoms with E-state index >= 15 is 0 Å². The number of likely N-dealkylation sites (N-methyl/N-ethyl adjacent to an activating group) is 1. The van der Waals surface area contributed by atoms with E-state index in [-0.39, 0.29) is 5.92 Å². The van der Waals surface area contributed by atoms with Crippen LogP contribution >= 0.6 is 0 Å². The third-order valence-corrected chi connectivity index (χ3v) is 6.37. The van der Waals surface area contributed by atoms with Gasteiger partial charge in [-0.05, 0) is 43.0 Å². The number of hydrogen-bond acceptors (Lipinski definition) is 3. The summed E-state index contributed by atoms with van der Waals surface area (Å²) < 4.78 is 33.5. The highest BCUT2D eigenvalue weighted by Gasteiger charge is 2.32. The molecule has 0 bridgehead atoms. The van der Waals surface area contributed by atoms with Crippen molar-refractivity contribution in [3.63, 3.8) is 0 Å². The highest BCUT2D eigenvalue weighted by Crippen LogP contribution is 2.33. The molecule has 1 heterocycles. The van der Waals surface area contributed by atoms with Crippen LogP contribution in [0.25, 0.3) is 0 Å². The van der Waals surface area contributed by atoms with Crippen molar-refractivity contribution >= 4 is 10.0 Å². The first-order chi connectivity index (χ1) is 10.8. The van der Waals surface area contributed by atoms with Crippen molar-refractivity contribution in [2.75, 3.05) is 39.8 Å². The number of nitrogens with one attached hydrogen (secondary N) is 1. The second-order valence-corrected chi connectivity index (χ2v) is 8.51. The second-order valence-electron chi connectivity index (χ2n) is 6.60. The highest BCUT2D eigenvalue weighted by atomic mass is 32.2. The molecule has 1 N–H and O–H groups in total. The summed E-state index contributed by atoms with van der Waals surface area (Å²) in [6.45, 7) is 11.3. The second kappa shape index (κ2) is 7.20. The molecule has 5 nitrogen and oxygen atoms in total. The van der Waals surface area contributed by atoms with Crippen molar-refractivity contribution in [2.24, 2.45) is 0 Å². The Morgan fingerprint density at radius 1 is 1.26 bits per heavy atom. The van der Waals surface area contributed by atoms with Crippen LogP contribution in [0, 0.1) is 6.92 Å². The molecule has 23 heavy (non-hydrogen) atoms. The summed E-state index contributed by atoms with van der Waals surface area (Å²) in [5, 5.41) is 0. The monoisotopic (exact) mass is 341 g/mol. The molecular weight excluding hydrogens is 312 g/mol. The van der Waals surface area contributed by atoms with E-state index in [4.69, 9.17) is 4.74 Å². The van der Waals surface area contributed by atoms with Crippen molar-refractivity contribution in [3.8, 4) is 5.75 Å². The molecular formula is C17H29N2O3S+. The van der Waals surface area contributed by atoms with Crippen LogP contribution < -0.4 is 9.64 Å². The third-order valence-electron chi connectivity index (χ3n) is 4.45. The lowest BCUT2D eigenvalue weighted by molar-refractivity contribution is -0.883. The summed E-state index contributed by atoms with van der Waals surface area (Å²) in [6, 6.07) is 3.68. The molecule has 0 unspecified atom stereocenters. The number of sulfonamides is 1. The van der Waals surface area contributed by atoms with E-state index in [1.807, 2.05) is 26.0 Å². The van der Waals surface area contributed by atoms with Crippen molar-refractivity contribution < 1.29 is 18.1 Å². The minimum Gasteiger partial charge on any atom is -0.492 e. The molecule has 130 valence electrons. The molecule has 0 atom stereocenters. The van der Waals surface area contributed by atoms with E-state index in [0.717, 1.165) is 24.2 Å². The molecule has 1 aromatic carbocycles. The number of aryl methyl sites for hydroxylation is 1. The summed E-state index contributed by atoms with van der Waals surface area (Å²) >= 11 is 0. The molecule has 0 amide bonds. The molecule has 1 aliphatic rings. The van der Waals surface area contributed by atoms with Crippen LogP contribution in [-0.4, -0.2) is 52.6 Å². The van der Waals surface area contributed by atoms with Gasteiger partial charge in [0.25, 0.3) is 0 Å². The van der Waals surface area contributed by atoms with Crippen molar-refractivity contribution in [1.82, 2.24) is 4.31 Å². The lowest BCUT2D eigenvalue weighted by Gasteiger charge is -2.30. The maximum atomic E-state index is 13.1. The van der Waals surface area contributed by atoms with Crippen LogP contribution in [0.1, 0.15) is 37.8 Å². The minimum atomic E-state index is -3.52. The van der Waals surface area contributed by atoms with Gasteiger partial charge < -0.3 is 9.64 Å². The molecule has 0 spiro atoms. The Hall–Kier alpha value is -1.11. The Labute approximate surface area is 140 Å². The van der Waals surface area contributed by atoms with E-state index in [9.17, 15) is 8.42 Å². The standard InChI is InChI=1S/C17H28N2O3S/c1-6-22-16-11-14(4)15(13(2)3)12-17(16)23(20,21)19-9-7-18(5)8-10-19/h11-13H,6-10H2,1-5H3/p+1. The van der Waals surface area contributed by atoms with E-state index in [1.54, 1.807) is 4.31 Å². The van der Waals surface area contributed by atoms with Crippen molar-refractivity contribution in [2.45, 2.75) is 38.5 Å². The van der Waals surface area contributed by atoms with Gasteiger partial charge in [-0.3, -0.25) is 0 Å². The van der Waals surface area contributed by atoms with Gasteiger partial charge in [-0.15, -0.1) is 0 Å². The molecule has 1 fully saturated rings. The highest BCUT2D eigenvalue weighted by molar-refractivity contribution is 7.89. The zero-order valence-electron chi connectivity index (χ0n) is 14.8. The predicted octanol–water partition coefficient (Wildman–Crippen LogP) is 1.04. The fourth-order valence-electron chi connectivity index (χ4n) is 3.02. The molecule has 1 aliphatic heterocycles.